The van der Waals surface area contributed by atoms with Crippen LogP contribution in [0.4, 0.5) is 5.69 Å². The Kier molecular flexibility index (Phi) is 10.7. The average Bonchev–Trinajstić information content (AvgIpc) is 2.95. The Morgan fingerprint density at radius 2 is 1.65 bits per heavy atom. The Morgan fingerprint density at radius 3 is 2.25 bits per heavy atom. The average molecular weight is 609 g/mol. The summed E-state index contributed by atoms with van der Waals surface area (Å²) in [4.78, 5) is 28.0. The predicted molar refractivity (Wildman–Crippen MR) is 156 cm³/mol. The van der Waals surface area contributed by atoms with E-state index in [0.717, 1.165) is 4.31 Å². The van der Waals surface area contributed by atoms with Crippen LogP contribution < -0.4 is 19.1 Å². The molecule has 0 spiro atoms. The van der Waals surface area contributed by atoms with Gasteiger partial charge in [-0.15, -0.1) is 0 Å². The van der Waals surface area contributed by atoms with Crippen molar-refractivity contribution in [3.05, 3.63) is 82.3 Å². The third-order valence-corrected chi connectivity index (χ3v) is 8.52. The van der Waals surface area contributed by atoms with Gasteiger partial charge in [0.2, 0.25) is 11.8 Å². The van der Waals surface area contributed by atoms with Gasteiger partial charge >= 0.3 is 0 Å². The predicted octanol–water partition coefficient (Wildman–Crippen LogP) is 4.76. The number of para-hydroxylation sites is 2. The Balaban J connectivity index is 2.09. The fourth-order valence-electron chi connectivity index (χ4n) is 3.96. The molecule has 0 aliphatic rings. The van der Waals surface area contributed by atoms with E-state index in [-0.39, 0.29) is 22.9 Å². The molecular weight excluding hydrogens is 577 g/mol. The fraction of sp³-hybridized carbons (Fsp3) is 0.286. The number of ether oxygens (including phenoxy) is 2. The normalized spacial score (nSPS) is 11.8. The van der Waals surface area contributed by atoms with Crippen molar-refractivity contribution in [2.45, 2.75) is 31.3 Å². The lowest BCUT2D eigenvalue weighted by Crippen LogP contribution is -2.51. The first-order chi connectivity index (χ1) is 19.0. The second-order valence-electron chi connectivity index (χ2n) is 8.69. The van der Waals surface area contributed by atoms with Gasteiger partial charge in [-0.05, 0) is 67.9 Å². The molecule has 0 saturated heterocycles. The lowest BCUT2D eigenvalue weighted by atomic mass is 10.1. The topological polar surface area (TPSA) is 105 Å². The smallest absolute Gasteiger partial charge is 0.264 e. The van der Waals surface area contributed by atoms with E-state index in [2.05, 4.69) is 5.32 Å². The first-order valence-corrected chi connectivity index (χ1v) is 14.5. The van der Waals surface area contributed by atoms with Crippen molar-refractivity contribution in [2.24, 2.45) is 0 Å². The van der Waals surface area contributed by atoms with Crippen LogP contribution in [0.3, 0.4) is 0 Å². The van der Waals surface area contributed by atoms with E-state index in [1.165, 1.54) is 49.5 Å². The summed E-state index contributed by atoms with van der Waals surface area (Å²) in [6, 6.07) is 16.2. The molecular formula is C28H31Cl2N3O6S. The number of carbonyl (C=O) groups is 2. The number of likely N-dealkylation sites (N-methyl/N-ethyl adjacent to an activating group) is 1. The Morgan fingerprint density at radius 1 is 0.975 bits per heavy atom. The Bertz CT molecular complexity index is 1450. The summed E-state index contributed by atoms with van der Waals surface area (Å²) < 4.78 is 39.5. The summed E-state index contributed by atoms with van der Waals surface area (Å²) in [7, 11) is -1.40. The first-order valence-electron chi connectivity index (χ1n) is 12.3. The Labute approximate surface area is 244 Å². The minimum absolute atomic E-state index is 0.0592. The van der Waals surface area contributed by atoms with E-state index in [0.29, 0.717) is 27.9 Å². The number of halogens is 2. The minimum Gasteiger partial charge on any atom is -0.497 e. The van der Waals surface area contributed by atoms with Gasteiger partial charge in [-0.1, -0.05) is 41.4 Å². The van der Waals surface area contributed by atoms with E-state index in [1.54, 1.807) is 50.2 Å². The number of amides is 2. The maximum atomic E-state index is 14.0. The van der Waals surface area contributed by atoms with Gasteiger partial charge in [0, 0.05) is 23.1 Å². The molecule has 0 bridgehead atoms. The van der Waals surface area contributed by atoms with E-state index >= 15 is 0 Å². The molecule has 214 valence electrons. The number of methoxy groups -OCH3 is 2. The van der Waals surface area contributed by atoms with Crippen LogP contribution in [-0.2, 0) is 26.2 Å². The summed E-state index contributed by atoms with van der Waals surface area (Å²) in [5, 5.41) is 3.43. The van der Waals surface area contributed by atoms with Crippen LogP contribution in [0.1, 0.15) is 19.4 Å². The van der Waals surface area contributed by atoms with E-state index in [9.17, 15) is 18.0 Å². The molecule has 2 amide bonds. The quantitative estimate of drug-likeness (QED) is 0.318. The molecule has 0 fully saturated rings. The van der Waals surface area contributed by atoms with Gasteiger partial charge in [-0.25, -0.2) is 8.42 Å². The number of rotatable bonds is 12. The molecule has 1 atom stereocenters. The lowest BCUT2D eigenvalue weighted by molar-refractivity contribution is -0.139. The third-order valence-electron chi connectivity index (χ3n) is 6.15. The maximum Gasteiger partial charge on any atom is 0.264 e. The highest BCUT2D eigenvalue weighted by atomic mass is 35.5. The molecule has 1 N–H and O–H groups in total. The van der Waals surface area contributed by atoms with Gasteiger partial charge in [-0.3, -0.25) is 13.9 Å². The van der Waals surface area contributed by atoms with Crippen LogP contribution in [0.2, 0.25) is 10.0 Å². The van der Waals surface area contributed by atoms with E-state index < -0.39 is 34.4 Å². The highest BCUT2D eigenvalue weighted by Gasteiger charge is 2.34. The zero-order valence-corrected chi connectivity index (χ0v) is 24.9. The van der Waals surface area contributed by atoms with Gasteiger partial charge in [0.15, 0.2) is 0 Å². The van der Waals surface area contributed by atoms with E-state index in [1.807, 2.05) is 0 Å². The van der Waals surface area contributed by atoms with Gasteiger partial charge in [0.05, 0.1) is 24.8 Å². The summed E-state index contributed by atoms with van der Waals surface area (Å²) >= 11 is 12.4. The van der Waals surface area contributed by atoms with Crippen LogP contribution in [0.15, 0.2) is 71.6 Å². The second kappa shape index (κ2) is 13.7. The summed E-state index contributed by atoms with van der Waals surface area (Å²) in [6.45, 7) is 3.00. The maximum absolute atomic E-state index is 14.0. The molecule has 0 unspecified atom stereocenters. The van der Waals surface area contributed by atoms with Crippen molar-refractivity contribution in [1.29, 1.82) is 0 Å². The number of hydrogen-bond donors (Lipinski definition) is 1. The van der Waals surface area contributed by atoms with Gasteiger partial charge < -0.3 is 19.7 Å². The second-order valence-corrected chi connectivity index (χ2v) is 11.4. The van der Waals surface area contributed by atoms with Crippen molar-refractivity contribution in [2.75, 3.05) is 31.6 Å². The largest absolute Gasteiger partial charge is 0.497 e. The molecule has 40 heavy (non-hydrogen) atoms. The van der Waals surface area contributed by atoms with Crippen LogP contribution >= 0.6 is 23.2 Å². The van der Waals surface area contributed by atoms with Crippen molar-refractivity contribution < 1.29 is 27.5 Å². The molecule has 0 saturated carbocycles. The standard InChI is InChI=1S/C28H31Cl2N3O6S/c1-5-31-28(35)19(2)32(17-20-10-11-21(29)16-24(20)30)27(34)18-33(25-8-6-7-9-26(25)39-4)40(36,37)23-14-12-22(38-3)13-15-23/h6-16,19H,5,17-18H2,1-4H3,(H,31,35)/t19-/m1/s1. The third kappa shape index (κ3) is 7.18. The molecule has 0 heterocycles. The summed E-state index contributed by atoms with van der Waals surface area (Å²) in [5.74, 6) is -0.312. The SMILES string of the molecule is CCNC(=O)[C@@H](C)N(Cc1ccc(Cl)cc1Cl)C(=O)CN(c1ccccc1OC)S(=O)(=O)c1ccc(OC)cc1. The van der Waals surface area contributed by atoms with Crippen LogP contribution in [0.25, 0.3) is 0 Å². The number of hydrogen-bond acceptors (Lipinski definition) is 6. The number of nitrogens with zero attached hydrogens (tertiary/aromatic N) is 2. The number of carbonyl (C=O) groups excluding carboxylic acids is 2. The molecule has 9 nitrogen and oxygen atoms in total. The van der Waals surface area contributed by atoms with Crippen molar-refractivity contribution in [3.63, 3.8) is 0 Å². The van der Waals surface area contributed by atoms with Crippen LogP contribution in [0.5, 0.6) is 11.5 Å². The van der Waals surface area contributed by atoms with Crippen molar-refractivity contribution in [1.82, 2.24) is 10.2 Å². The van der Waals surface area contributed by atoms with Gasteiger partial charge in [-0.2, -0.15) is 0 Å². The molecule has 0 aliphatic carbocycles. The lowest BCUT2D eigenvalue weighted by Gasteiger charge is -2.32. The van der Waals surface area contributed by atoms with Crippen LogP contribution in [0, 0.1) is 0 Å². The molecule has 12 heteroatoms. The zero-order valence-electron chi connectivity index (χ0n) is 22.6. The van der Waals surface area contributed by atoms with Crippen molar-refractivity contribution in [3.8, 4) is 11.5 Å². The number of sulfonamides is 1. The van der Waals surface area contributed by atoms with E-state index in [4.69, 9.17) is 32.7 Å². The summed E-state index contributed by atoms with van der Waals surface area (Å²) in [6.07, 6.45) is 0. The minimum atomic E-state index is -4.28. The Hall–Kier alpha value is -3.47. The number of anilines is 1. The highest BCUT2D eigenvalue weighted by Crippen LogP contribution is 2.33. The molecule has 3 aromatic carbocycles. The van der Waals surface area contributed by atoms with Crippen LogP contribution in [-0.4, -0.2) is 58.5 Å². The monoisotopic (exact) mass is 607 g/mol. The summed E-state index contributed by atoms with van der Waals surface area (Å²) in [5.41, 5.74) is 0.696. The van der Waals surface area contributed by atoms with Gasteiger partial charge in [0.1, 0.15) is 24.1 Å². The zero-order chi connectivity index (χ0) is 29.4. The van der Waals surface area contributed by atoms with Crippen molar-refractivity contribution >= 4 is 50.7 Å². The highest BCUT2D eigenvalue weighted by molar-refractivity contribution is 7.92. The number of benzene rings is 3. The van der Waals surface area contributed by atoms with Gasteiger partial charge in [0.25, 0.3) is 10.0 Å². The first kappa shape index (κ1) is 31.1. The molecule has 3 rings (SSSR count). The molecule has 3 aromatic rings. The molecule has 0 radical (unpaired) electrons. The molecule has 0 aliphatic heterocycles. The fourth-order valence-corrected chi connectivity index (χ4v) is 5.85. The number of nitrogens with one attached hydrogen (secondary N) is 1. The molecule has 0 aromatic heterocycles.